The molecule has 1 atom stereocenters. The van der Waals surface area contributed by atoms with Crippen LogP contribution in [0.25, 0.3) is 0 Å². The lowest BCUT2D eigenvalue weighted by molar-refractivity contribution is -0.142. The summed E-state index contributed by atoms with van der Waals surface area (Å²) in [4.78, 5) is 22.5. The van der Waals surface area contributed by atoms with Gasteiger partial charge in [0.25, 0.3) is 0 Å². The Morgan fingerprint density at radius 3 is 2.00 bits per heavy atom. The summed E-state index contributed by atoms with van der Waals surface area (Å²) in [5.41, 5.74) is 9.26. The predicted octanol–water partition coefficient (Wildman–Crippen LogP) is 1.18. The van der Waals surface area contributed by atoms with Gasteiger partial charge in [0, 0.05) is 0 Å². The lowest BCUT2D eigenvalue weighted by Gasteiger charge is -2.29. The van der Waals surface area contributed by atoms with Crippen LogP contribution in [-0.2, 0) is 9.59 Å². The van der Waals surface area contributed by atoms with Crippen molar-refractivity contribution in [3.63, 3.8) is 0 Å². The highest BCUT2D eigenvalue weighted by Gasteiger charge is 2.42. The van der Waals surface area contributed by atoms with Gasteiger partial charge in [-0.1, -0.05) is 33.1 Å². The van der Waals surface area contributed by atoms with Crippen LogP contribution in [0.15, 0.2) is 0 Å². The van der Waals surface area contributed by atoms with Gasteiger partial charge in [-0.2, -0.15) is 0 Å². The maximum Gasteiger partial charge on any atom is 0.233 e. The molecule has 0 aromatic heterocycles. The van der Waals surface area contributed by atoms with Gasteiger partial charge in [-0.25, -0.2) is 0 Å². The largest absolute Gasteiger partial charge is 0.369 e. The van der Waals surface area contributed by atoms with E-state index in [0.717, 1.165) is 25.7 Å². The predicted molar refractivity (Wildman–Crippen MR) is 59.8 cm³/mol. The van der Waals surface area contributed by atoms with E-state index >= 15 is 0 Å². The Hall–Kier alpha value is -1.06. The number of unbranched alkanes of at least 4 members (excludes halogenated alkanes) is 2. The first-order chi connectivity index (χ1) is 6.87. The van der Waals surface area contributed by atoms with Crippen LogP contribution >= 0.6 is 0 Å². The highest BCUT2D eigenvalue weighted by Crippen LogP contribution is 2.30. The molecule has 0 aromatic carbocycles. The van der Waals surface area contributed by atoms with Crippen molar-refractivity contribution in [2.24, 2.45) is 22.8 Å². The first kappa shape index (κ1) is 13.9. The molecule has 4 heteroatoms. The van der Waals surface area contributed by atoms with E-state index in [2.05, 4.69) is 6.92 Å². The van der Waals surface area contributed by atoms with Gasteiger partial charge in [0.1, 0.15) is 5.41 Å². The zero-order valence-corrected chi connectivity index (χ0v) is 9.88. The summed E-state index contributed by atoms with van der Waals surface area (Å²) in [6, 6.07) is 0. The molecule has 0 spiro atoms. The van der Waals surface area contributed by atoms with Crippen LogP contribution in [0.3, 0.4) is 0 Å². The van der Waals surface area contributed by atoms with Crippen LogP contribution in [0.4, 0.5) is 0 Å². The summed E-state index contributed by atoms with van der Waals surface area (Å²) in [6.07, 6.45) is 4.00. The third kappa shape index (κ3) is 3.22. The Labute approximate surface area is 91.4 Å². The van der Waals surface area contributed by atoms with Crippen molar-refractivity contribution in [1.29, 1.82) is 0 Å². The Balaban J connectivity index is 4.50. The fraction of sp³-hybridized carbons (Fsp3) is 0.818. The number of primary amides is 2. The molecule has 0 fully saturated rings. The molecule has 0 rings (SSSR count). The standard InChI is InChI=1S/C11H22N2O2/c1-4-5-6-7-8(2)11(3,9(12)14)10(13)15/h8H,4-7H2,1-3H3,(H2,12,14)(H2,13,15)/t8-/m0/s1. The SMILES string of the molecule is CCCCC[C@H](C)C(C)(C(N)=O)C(N)=O. The van der Waals surface area contributed by atoms with Crippen LogP contribution in [0.1, 0.15) is 46.5 Å². The zero-order chi connectivity index (χ0) is 12.1. The van der Waals surface area contributed by atoms with E-state index in [4.69, 9.17) is 11.5 Å². The maximum absolute atomic E-state index is 11.3. The third-order valence-corrected chi connectivity index (χ3v) is 3.25. The van der Waals surface area contributed by atoms with E-state index in [1.54, 1.807) is 0 Å². The number of amides is 2. The monoisotopic (exact) mass is 214 g/mol. The average Bonchev–Trinajstić information content (AvgIpc) is 2.15. The molecule has 0 aliphatic heterocycles. The second kappa shape index (κ2) is 5.73. The maximum atomic E-state index is 11.3. The summed E-state index contributed by atoms with van der Waals surface area (Å²) in [7, 11) is 0. The number of rotatable bonds is 7. The minimum atomic E-state index is -1.21. The van der Waals surface area contributed by atoms with Gasteiger partial charge in [-0.15, -0.1) is 0 Å². The minimum Gasteiger partial charge on any atom is -0.369 e. The van der Waals surface area contributed by atoms with Gasteiger partial charge >= 0.3 is 0 Å². The highest BCUT2D eigenvalue weighted by molar-refractivity contribution is 6.03. The van der Waals surface area contributed by atoms with E-state index in [-0.39, 0.29) is 5.92 Å². The molecule has 0 aliphatic carbocycles. The zero-order valence-electron chi connectivity index (χ0n) is 9.88. The van der Waals surface area contributed by atoms with Crippen molar-refractivity contribution in [3.8, 4) is 0 Å². The second-order valence-electron chi connectivity index (χ2n) is 4.33. The van der Waals surface area contributed by atoms with Crippen molar-refractivity contribution in [3.05, 3.63) is 0 Å². The molecular weight excluding hydrogens is 192 g/mol. The molecule has 0 saturated heterocycles. The van der Waals surface area contributed by atoms with Crippen molar-refractivity contribution in [1.82, 2.24) is 0 Å². The lowest BCUT2D eigenvalue weighted by atomic mass is 9.74. The molecule has 0 saturated carbocycles. The van der Waals surface area contributed by atoms with Gasteiger partial charge in [0.05, 0.1) is 0 Å². The number of nitrogens with two attached hydrogens (primary N) is 2. The Morgan fingerprint density at radius 1 is 1.20 bits per heavy atom. The molecule has 0 unspecified atom stereocenters. The molecule has 4 N–H and O–H groups in total. The molecular formula is C11H22N2O2. The lowest BCUT2D eigenvalue weighted by Crippen LogP contribution is -2.49. The first-order valence-electron chi connectivity index (χ1n) is 5.47. The number of carbonyl (C=O) groups excluding carboxylic acids is 2. The summed E-state index contributed by atoms with van der Waals surface area (Å²) in [5.74, 6) is -1.35. The van der Waals surface area contributed by atoms with E-state index in [0.29, 0.717) is 0 Å². The highest BCUT2D eigenvalue weighted by atomic mass is 16.2. The van der Waals surface area contributed by atoms with E-state index in [9.17, 15) is 9.59 Å². The topological polar surface area (TPSA) is 86.2 Å². The Bertz CT molecular complexity index is 225. The summed E-state index contributed by atoms with van der Waals surface area (Å²) >= 11 is 0. The molecule has 15 heavy (non-hydrogen) atoms. The van der Waals surface area contributed by atoms with E-state index in [1.807, 2.05) is 6.92 Å². The fourth-order valence-electron chi connectivity index (χ4n) is 1.60. The van der Waals surface area contributed by atoms with Gasteiger partial charge < -0.3 is 11.5 Å². The third-order valence-electron chi connectivity index (χ3n) is 3.25. The van der Waals surface area contributed by atoms with Crippen LogP contribution in [0.5, 0.6) is 0 Å². The molecule has 0 radical (unpaired) electrons. The molecule has 4 nitrogen and oxygen atoms in total. The molecule has 0 bridgehead atoms. The Morgan fingerprint density at radius 2 is 1.67 bits per heavy atom. The quantitative estimate of drug-likeness (QED) is 0.492. The van der Waals surface area contributed by atoms with Crippen LogP contribution in [-0.4, -0.2) is 11.8 Å². The molecule has 0 aliphatic rings. The number of carbonyl (C=O) groups is 2. The van der Waals surface area contributed by atoms with Crippen molar-refractivity contribution in [2.45, 2.75) is 46.5 Å². The average molecular weight is 214 g/mol. The van der Waals surface area contributed by atoms with E-state index in [1.165, 1.54) is 6.92 Å². The van der Waals surface area contributed by atoms with Crippen molar-refractivity contribution in [2.75, 3.05) is 0 Å². The van der Waals surface area contributed by atoms with Gasteiger partial charge in [0.2, 0.25) is 11.8 Å². The Kier molecular flexibility index (Phi) is 5.33. The van der Waals surface area contributed by atoms with Crippen molar-refractivity contribution >= 4 is 11.8 Å². The second-order valence-corrected chi connectivity index (χ2v) is 4.33. The fourth-order valence-corrected chi connectivity index (χ4v) is 1.60. The van der Waals surface area contributed by atoms with Crippen molar-refractivity contribution < 1.29 is 9.59 Å². The smallest absolute Gasteiger partial charge is 0.233 e. The number of hydrogen-bond donors (Lipinski definition) is 2. The molecule has 88 valence electrons. The van der Waals surface area contributed by atoms with E-state index < -0.39 is 17.2 Å². The molecule has 0 aromatic rings. The first-order valence-corrected chi connectivity index (χ1v) is 5.47. The van der Waals surface area contributed by atoms with Crippen LogP contribution < -0.4 is 11.5 Å². The molecule has 0 heterocycles. The summed E-state index contributed by atoms with van der Waals surface area (Å²) < 4.78 is 0. The van der Waals surface area contributed by atoms with Gasteiger partial charge in [-0.05, 0) is 19.3 Å². The minimum absolute atomic E-state index is 0.0981. The van der Waals surface area contributed by atoms with Gasteiger partial charge in [0.15, 0.2) is 0 Å². The van der Waals surface area contributed by atoms with Gasteiger partial charge in [-0.3, -0.25) is 9.59 Å². The summed E-state index contributed by atoms with van der Waals surface area (Å²) in [5, 5.41) is 0. The summed E-state index contributed by atoms with van der Waals surface area (Å²) in [6.45, 7) is 5.49. The molecule has 2 amide bonds. The van der Waals surface area contributed by atoms with Crippen LogP contribution in [0, 0.1) is 11.3 Å². The van der Waals surface area contributed by atoms with Crippen LogP contribution in [0.2, 0.25) is 0 Å². The number of hydrogen-bond acceptors (Lipinski definition) is 2. The normalized spacial score (nSPS) is 13.5.